The van der Waals surface area contributed by atoms with E-state index >= 15 is 0 Å². The molecule has 5 aromatic rings. The molecule has 1 heterocycles. The Morgan fingerprint density at radius 1 is 0.588 bits per heavy atom. The lowest BCUT2D eigenvalue weighted by atomic mass is 9.45. The summed E-state index contributed by atoms with van der Waals surface area (Å²) >= 11 is 0. The fraction of sp³-hybridized carbons (Fsp3) is 0.333. The van der Waals surface area contributed by atoms with Crippen LogP contribution in [0.4, 0.5) is 0 Å². The number of hydrogen-bond donors (Lipinski definition) is 1. The van der Waals surface area contributed by atoms with Crippen LogP contribution in [0.15, 0.2) is 72.8 Å². The van der Waals surface area contributed by atoms with Gasteiger partial charge in [0, 0.05) is 27.7 Å². The Morgan fingerprint density at radius 2 is 1.21 bits per heavy atom. The Bertz CT molecular complexity index is 1610. The molecule has 0 spiro atoms. The maximum Gasteiger partial charge on any atom is 0.0471 e. The predicted octanol–water partition coefficient (Wildman–Crippen LogP) is 8.80. The molecular weight excluding hydrogens is 410 g/mol. The minimum absolute atomic E-state index is 0.477. The van der Waals surface area contributed by atoms with E-state index in [0.29, 0.717) is 11.3 Å². The van der Waals surface area contributed by atoms with Crippen LogP contribution in [-0.4, -0.2) is 4.98 Å². The maximum absolute atomic E-state index is 3.82. The van der Waals surface area contributed by atoms with E-state index in [9.17, 15) is 0 Å². The van der Waals surface area contributed by atoms with Crippen LogP contribution in [0.3, 0.4) is 0 Å². The molecule has 0 aliphatic heterocycles. The van der Waals surface area contributed by atoms with Gasteiger partial charge < -0.3 is 4.98 Å². The second-order valence-electron chi connectivity index (χ2n) is 12.2. The average Bonchev–Trinajstić information content (AvgIpc) is 3.35. The highest BCUT2D eigenvalue weighted by molar-refractivity contribution is 6.13. The van der Waals surface area contributed by atoms with Gasteiger partial charge in [-0.2, -0.15) is 0 Å². The molecule has 4 saturated carbocycles. The van der Waals surface area contributed by atoms with Crippen molar-refractivity contribution in [2.45, 2.75) is 44.4 Å². The first kappa shape index (κ1) is 18.3. The lowest BCUT2D eigenvalue weighted by Gasteiger charge is -2.59. The number of aromatic amines is 1. The Hall–Kier alpha value is -3.06. The number of benzene rings is 4. The van der Waals surface area contributed by atoms with Crippen molar-refractivity contribution in [3.8, 4) is 11.1 Å². The lowest BCUT2D eigenvalue weighted by molar-refractivity contribution is -0.0612. The Morgan fingerprint density at radius 3 is 1.97 bits per heavy atom. The Kier molecular flexibility index (Phi) is 3.30. The average molecular weight is 440 g/mol. The van der Waals surface area contributed by atoms with Crippen LogP contribution >= 0.6 is 0 Å². The predicted molar refractivity (Wildman–Crippen MR) is 141 cm³/mol. The third-order valence-electron chi connectivity index (χ3n) is 10.2. The van der Waals surface area contributed by atoms with Crippen LogP contribution in [0.2, 0.25) is 0 Å². The van der Waals surface area contributed by atoms with Gasteiger partial charge in [0.05, 0.1) is 0 Å². The van der Waals surface area contributed by atoms with Crippen molar-refractivity contribution in [3.05, 3.63) is 83.9 Å². The molecule has 34 heavy (non-hydrogen) atoms. The fourth-order valence-electron chi connectivity index (χ4n) is 9.48. The van der Waals surface area contributed by atoms with Gasteiger partial charge in [-0.3, -0.25) is 0 Å². The molecule has 0 amide bonds. The molecule has 1 unspecified atom stereocenters. The monoisotopic (exact) mass is 439 g/mol. The van der Waals surface area contributed by atoms with Gasteiger partial charge in [-0.1, -0.05) is 48.5 Å². The van der Waals surface area contributed by atoms with E-state index in [0.717, 1.165) is 17.8 Å². The van der Waals surface area contributed by atoms with Crippen molar-refractivity contribution in [1.82, 2.24) is 4.98 Å². The molecule has 1 heteroatoms. The van der Waals surface area contributed by atoms with Crippen LogP contribution < -0.4 is 0 Å². The van der Waals surface area contributed by atoms with Gasteiger partial charge in [-0.05, 0) is 119 Å². The van der Waals surface area contributed by atoms with Gasteiger partial charge in [0.25, 0.3) is 0 Å². The molecule has 0 saturated heterocycles. The molecule has 5 aliphatic carbocycles. The molecule has 0 radical (unpaired) electrons. The number of nitrogens with one attached hydrogen (secondary N) is 1. The van der Waals surface area contributed by atoms with Crippen LogP contribution in [0.5, 0.6) is 0 Å². The minimum Gasteiger partial charge on any atom is -0.354 e. The van der Waals surface area contributed by atoms with E-state index in [4.69, 9.17) is 0 Å². The Labute approximate surface area is 200 Å². The molecule has 5 aliphatic rings. The molecular formula is C33H29N. The van der Waals surface area contributed by atoms with E-state index in [1.165, 1.54) is 82.2 Å². The number of aromatic nitrogens is 1. The SMILES string of the molecule is c1ccc2c(c1)-c1cc3c(cc1C2C12CC4CC(CC(C4)C1)C2)[nH]c1cc2ccccc2cc13. The van der Waals surface area contributed by atoms with Crippen LogP contribution in [0.1, 0.15) is 55.6 Å². The quantitative estimate of drug-likeness (QED) is 0.268. The summed E-state index contributed by atoms with van der Waals surface area (Å²) in [6, 6.07) is 27.9. The largest absolute Gasteiger partial charge is 0.354 e. The summed E-state index contributed by atoms with van der Waals surface area (Å²) < 4.78 is 0. The van der Waals surface area contributed by atoms with E-state index in [1.54, 1.807) is 11.1 Å². The summed E-state index contributed by atoms with van der Waals surface area (Å²) in [6.07, 6.45) is 8.88. The van der Waals surface area contributed by atoms with Gasteiger partial charge in [0.2, 0.25) is 0 Å². The molecule has 4 aromatic carbocycles. The highest BCUT2D eigenvalue weighted by atomic mass is 14.7. The molecule has 166 valence electrons. The summed E-state index contributed by atoms with van der Waals surface area (Å²) in [7, 11) is 0. The molecule has 4 bridgehead atoms. The van der Waals surface area contributed by atoms with Crippen molar-refractivity contribution >= 4 is 32.6 Å². The summed E-state index contributed by atoms with van der Waals surface area (Å²) in [5, 5.41) is 5.36. The minimum atomic E-state index is 0.477. The molecule has 4 fully saturated rings. The van der Waals surface area contributed by atoms with Crippen molar-refractivity contribution in [2.75, 3.05) is 0 Å². The summed E-state index contributed by atoms with van der Waals surface area (Å²) in [5.74, 6) is 3.51. The number of rotatable bonds is 1. The number of hydrogen-bond acceptors (Lipinski definition) is 0. The van der Waals surface area contributed by atoms with Gasteiger partial charge >= 0.3 is 0 Å². The highest BCUT2D eigenvalue weighted by Gasteiger charge is 2.56. The second-order valence-corrected chi connectivity index (χ2v) is 12.2. The van der Waals surface area contributed by atoms with Gasteiger partial charge in [0.1, 0.15) is 0 Å². The van der Waals surface area contributed by atoms with E-state index < -0.39 is 0 Å². The summed E-state index contributed by atoms with van der Waals surface area (Å²) in [5.41, 5.74) is 9.26. The topological polar surface area (TPSA) is 15.8 Å². The molecule has 1 N–H and O–H groups in total. The Balaban J connectivity index is 1.31. The fourth-order valence-corrected chi connectivity index (χ4v) is 9.48. The zero-order valence-corrected chi connectivity index (χ0v) is 19.5. The van der Waals surface area contributed by atoms with Crippen molar-refractivity contribution < 1.29 is 0 Å². The molecule has 10 rings (SSSR count). The summed E-state index contributed by atoms with van der Waals surface area (Å²) in [6.45, 7) is 0. The first-order valence-electron chi connectivity index (χ1n) is 13.3. The first-order chi connectivity index (χ1) is 16.7. The number of H-pyrrole nitrogens is 1. The highest BCUT2D eigenvalue weighted by Crippen LogP contribution is 2.68. The molecule has 1 atom stereocenters. The molecule has 1 nitrogen and oxygen atoms in total. The van der Waals surface area contributed by atoms with Crippen molar-refractivity contribution in [3.63, 3.8) is 0 Å². The van der Waals surface area contributed by atoms with Gasteiger partial charge in [-0.25, -0.2) is 0 Å². The standard InChI is InChI=1S/C33H29N/c1-2-6-23-13-30-27(12-22(23)5-1)28-14-26-24-7-3-4-8-25(24)32(29(26)15-31(28)34-30)33-16-19-9-20(17-33)11-21(10-19)18-33/h1-8,12-15,19-21,32,34H,9-11,16-18H2. The molecule has 1 aromatic heterocycles. The third kappa shape index (κ3) is 2.26. The van der Waals surface area contributed by atoms with Crippen LogP contribution in [0.25, 0.3) is 43.7 Å². The zero-order valence-electron chi connectivity index (χ0n) is 19.5. The third-order valence-corrected chi connectivity index (χ3v) is 10.2. The van der Waals surface area contributed by atoms with Gasteiger partial charge in [0.15, 0.2) is 0 Å². The van der Waals surface area contributed by atoms with E-state index in [2.05, 4.69) is 77.8 Å². The normalized spacial score (nSPS) is 30.9. The van der Waals surface area contributed by atoms with Crippen molar-refractivity contribution in [2.24, 2.45) is 23.2 Å². The zero-order chi connectivity index (χ0) is 22.0. The maximum atomic E-state index is 3.82. The van der Waals surface area contributed by atoms with Crippen molar-refractivity contribution in [1.29, 1.82) is 0 Å². The number of fused-ring (bicyclic) bond motifs is 7. The van der Waals surface area contributed by atoms with E-state index in [-0.39, 0.29) is 0 Å². The van der Waals surface area contributed by atoms with E-state index in [1.807, 2.05) is 0 Å². The lowest BCUT2D eigenvalue weighted by Crippen LogP contribution is -2.48. The van der Waals surface area contributed by atoms with Gasteiger partial charge in [-0.15, -0.1) is 0 Å². The smallest absolute Gasteiger partial charge is 0.0471 e. The first-order valence-corrected chi connectivity index (χ1v) is 13.3. The summed E-state index contributed by atoms with van der Waals surface area (Å²) in [4.78, 5) is 3.82. The second kappa shape index (κ2) is 6.13. The van der Waals surface area contributed by atoms with Crippen LogP contribution in [0, 0.1) is 23.2 Å². The van der Waals surface area contributed by atoms with Crippen LogP contribution in [-0.2, 0) is 0 Å².